The van der Waals surface area contributed by atoms with Crippen LogP contribution in [-0.2, 0) is 5.41 Å². The van der Waals surface area contributed by atoms with Gasteiger partial charge in [0.1, 0.15) is 23.7 Å². The van der Waals surface area contributed by atoms with Crippen LogP contribution < -0.4 is 5.32 Å². The molecule has 8 nitrogen and oxygen atoms in total. The molecule has 32 heavy (non-hydrogen) atoms. The summed E-state index contributed by atoms with van der Waals surface area (Å²) in [4.78, 5) is 25.6. The summed E-state index contributed by atoms with van der Waals surface area (Å²) in [5, 5.41) is 6.88. The summed E-state index contributed by atoms with van der Waals surface area (Å²) in [7, 11) is 0. The van der Waals surface area contributed by atoms with E-state index in [0.29, 0.717) is 23.1 Å². The van der Waals surface area contributed by atoms with Gasteiger partial charge in [-0.3, -0.25) is 9.36 Å². The van der Waals surface area contributed by atoms with Crippen molar-refractivity contribution in [2.45, 2.75) is 39.2 Å². The molecule has 3 heterocycles. The minimum Gasteiger partial charge on any atom is -0.344 e. The van der Waals surface area contributed by atoms with Gasteiger partial charge in [0, 0.05) is 17.8 Å². The first-order chi connectivity index (χ1) is 15.2. The summed E-state index contributed by atoms with van der Waals surface area (Å²) in [5.41, 5.74) is 1.53. The third-order valence-corrected chi connectivity index (χ3v) is 4.89. The predicted octanol–water partition coefficient (Wildman–Crippen LogP) is 4.24. The zero-order chi connectivity index (χ0) is 22.9. The molecule has 1 amide bonds. The van der Waals surface area contributed by atoms with Gasteiger partial charge in [-0.05, 0) is 36.8 Å². The largest absolute Gasteiger partial charge is 0.344 e. The lowest BCUT2D eigenvalue weighted by molar-refractivity contribution is 0.0935. The summed E-state index contributed by atoms with van der Waals surface area (Å²) in [6, 6.07) is 9.30. The highest BCUT2D eigenvalue weighted by molar-refractivity contribution is 5.92. The number of imidazole rings is 1. The molecule has 1 aromatic carbocycles. The summed E-state index contributed by atoms with van der Waals surface area (Å²) in [6.07, 6.45) is 4.74. The van der Waals surface area contributed by atoms with E-state index >= 15 is 0 Å². The van der Waals surface area contributed by atoms with Gasteiger partial charge in [0.05, 0.1) is 11.6 Å². The smallest absolute Gasteiger partial charge is 0.271 e. The van der Waals surface area contributed by atoms with Crippen molar-refractivity contribution in [3.05, 3.63) is 78.0 Å². The topological polar surface area (TPSA) is 98.7 Å². The van der Waals surface area contributed by atoms with Crippen molar-refractivity contribution in [2.75, 3.05) is 0 Å². The van der Waals surface area contributed by atoms with Crippen molar-refractivity contribution in [2.24, 2.45) is 0 Å². The fourth-order valence-corrected chi connectivity index (χ4v) is 2.98. The van der Waals surface area contributed by atoms with E-state index in [0.717, 1.165) is 5.56 Å². The number of nitrogens with zero attached hydrogens (tertiary/aromatic N) is 5. The molecule has 4 rings (SSSR count). The Morgan fingerprint density at radius 2 is 1.88 bits per heavy atom. The number of rotatable bonds is 5. The molecule has 9 heteroatoms. The maximum Gasteiger partial charge on any atom is 0.271 e. The summed E-state index contributed by atoms with van der Waals surface area (Å²) in [6.45, 7) is 7.85. The summed E-state index contributed by atoms with van der Waals surface area (Å²) in [5.74, 6) is 0.949. The average molecular weight is 434 g/mol. The maximum atomic E-state index is 13.1. The van der Waals surface area contributed by atoms with E-state index in [1.54, 1.807) is 35.2 Å². The minimum atomic E-state index is -0.335. The predicted molar refractivity (Wildman–Crippen MR) is 116 cm³/mol. The molecule has 0 fully saturated rings. The lowest BCUT2D eigenvalue weighted by Crippen LogP contribution is -2.26. The van der Waals surface area contributed by atoms with E-state index in [9.17, 15) is 9.18 Å². The van der Waals surface area contributed by atoms with Crippen molar-refractivity contribution in [1.82, 2.24) is 30.0 Å². The number of hydrogen-bond acceptors (Lipinski definition) is 6. The van der Waals surface area contributed by atoms with Crippen LogP contribution >= 0.6 is 0 Å². The summed E-state index contributed by atoms with van der Waals surface area (Å²) >= 11 is 0. The Hall–Kier alpha value is -3.88. The Morgan fingerprint density at radius 3 is 2.50 bits per heavy atom. The number of amides is 1. The molecule has 0 radical (unpaired) electrons. The van der Waals surface area contributed by atoms with Crippen molar-refractivity contribution in [1.29, 1.82) is 0 Å². The van der Waals surface area contributed by atoms with Gasteiger partial charge in [-0.15, -0.1) is 0 Å². The second-order valence-electron chi connectivity index (χ2n) is 8.49. The van der Waals surface area contributed by atoms with Crippen LogP contribution in [0.1, 0.15) is 55.6 Å². The zero-order valence-electron chi connectivity index (χ0n) is 18.2. The van der Waals surface area contributed by atoms with Crippen LogP contribution in [0.5, 0.6) is 0 Å². The molecule has 0 aliphatic carbocycles. The number of hydrogen-bond donors (Lipinski definition) is 1. The fraction of sp³-hybridized carbons (Fsp3) is 0.261. The molecule has 1 atom stereocenters. The van der Waals surface area contributed by atoms with E-state index in [2.05, 4.69) is 25.4 Å². The highest BCUT2D eigenvalue weighted by Crippen LogP contribution is 2.23. The molecule has 0 saturated heterocycles. The Bertz CT molecular complexity index is 1220. The molecule has 164 valence electrons. The Morgan fingerprint density at radius 1 is 1.12 bits per heavy atom. The Kier molecular flexibility index (Phi) is 5.56. The molecule has 1 N–H and O–H groups in total. The van der Waals surface area contributed by atoms with Crippen molar-refractivity contribution in [3.63, 3.8) is 0 Å². The molecular formula is C23H23FN6O2. The van der Waals surface area contributed by atoms with Crippen molar-refractivity contribution >= 4 is 5.91 Å². The monoisotopic (exact) mass is 434 g/mol. The Balaban J connectivity index is 1.45. The van der Waals surface area contributed by atoms with E-state index < -0.39 is 0 Å². The maximum absolute atomic E-state index is 13.1. The highest BCUT2D eigenvalue weighted by atomic mass is 19.1. The van der Waals surface area contributed by atoms with Crippen LogP contribution in [0.2, 0.25) is 0 Å². The number of benzene rings is 1. The first-order valence-corrected chi connectivity index (χ1v) is 10.1. The lowest BCUT2D eigenvalue weighted by Gasteiger charge is -2.13. The third-order valence-electron chi connectivity index (χ3n) is 4.89. The zero-order valence-corrected chi connectivity index (χ0v) is 18.2. The molecule has 0 spiro atoms. The van der Waals surface area contributed by atoms with E-state index in [1.165, 1.54) is 18.5 Å². The second-order valence-corrected chi connectivity index (χ2v) is 8.49. The number of pyridine rings is 1. The molecule has 0 unspecified atom stereocenters. The average Bonchev–Trinajstić information content (AvgIpc) is 3.44. The number of aromatic nitrogens is 5. The molecule has 3 aromatic heterocycles. The van der Waals surface area contributed by atoms with Crippen LogP contribution in [-0.4, -0.2) is 30.6 Å². The van der Waals surface area contributed by atoms with Gasteiger partial charge in [-0.2, -0.15) is 4.98 Å². The van der Waals surface area contributed by atoms with Gasteiger partial charge in [0.25, 0.3) is 11.8 Å². The molecule has 4 aromatic rings. The van der Waals surface area contributed by atoms with Gasteiger partial charge >= 0.3 is 0 Å². The number of carbonyl (C=O) groups excluding carboxylic acids is 1. The molecule has 0 aliphatic rings. The van der Waals surface area contributed by atoms with Crippen molar-refractivity contribution in [3.8, 4) is 17.3 Å². The van der Waals surface area contributed by atoms with Gasteiger partial charge in [-0.1, -0.05) is 38.1 Å². The quantitative estimate of drug-likeness (QED) is 0.504. The van der Waals surface area contributed by atoms with Gasteiger partial charge in [0.15, 0.2) is 5.82 Å². The standard InChI is InChI=1S/C23H23FN6O2/c1-14(15-5-8-17(24)9-6-15)27-20(31)18-12-30(13-26-18)19-10-7-16(11-25-19)21-28-22(29-32-21)23(2,3)4/h5-14H,1-4H3,(H,27,31)/t14-/m1/s1. The number of nitrogens with one attached hydrogen (secondary N) is 1. The number of carbonyl (C=O) groups is 1. The van der Waals surface area contributed by atoms with Crippen LogP contribution in [0.15, 0.2) is 59.6 Å². The SMILES string of the molecule is C[C@@H](NC(=O)c1cn(-c2ccc(-c3nc(C(C)(C)C)no3)cn2)cn1)c1ccc(F)cc1. The Labute approximate surface area is 184 Å². The van der Waals surface area contributed by atoms with Gasteiger partial charge < -0.3 is 9.84 Å². The van der Waals surface area contributed by atoms with E-state index in [4.69, 9.17) is 4.52 Å². The molecule has 0 aliphatic heterocycles. The van der Waals surface area contributed by atoms with E-state index in [-0.39, 0.29) is 28.9 Å². The van der Waals surface area contributed by atoms with Crippen LogP contribution in [0.25, 0.3) is 17.3 Å². The molecular weight excluding hydrogens is 411 g/mol. The number of halogens is 1. The van der Waals surface area contributed by atoms with Crippen LogP contribution in [0.3, 0.4) is 0 Å². The third kappa shape index (κ3) is 4.56. The lowest BCUT2D eigenvalue weighted by atomic mass is 9.96. The normalized spacial score (nSPS) is 12.5. The first kappa shape index (κ1) is 21.4. The fourth-order valence-electron chi connectivity index (χ4n) is 2.98. The van der Waals surface area contributed by atoms with Gasteiger partial charge in [0.2, 0.25) is 0 Å². The van der Waals surface area contributed by atoms with Crippen molar-refractivity contribution < 1.29 is 13.7 Å². The highest BCUT2D eigenvalue weighted by Gasteiger charge is 2.21. The minimum absolute atomic E-state index is 0.211. The van der Waals surface area contributed by atoms with E-state index in [1.807, 2.05) is 33.8 Å². The van der Waals surface area contributed by atoms with Crippen LogP contribution in [0, 0.1) is 5.82 Å². The molecule has 0 saturated carbocycles. The van der Waals surface area contributed by atoms with Crippen LogP contribution in [0.4, 0.5) is 4.39 Å². The molecule has 0 bridgehead atoms. The summed E-state index contributed by atoms with van der Waals surface area (Å²) < 4.78 is 20.1. The second kappa shape index (κ2) is 8.33. The first-order valence-electron chi connectivity index (χ1n) is 10.1. The van der Waals surface area contributed by atoms with Gasteiger partial charge in [-0.25, -0.2) is 14.4 Å².